The number of nitrogens with two attached hydrogens (primary N) is 1. The molecule has 0 fully saturated rings. The van der Waals surface area contributed by atoms with E-state index in [9.17, 15) is 24.0 Å². The summed E-state index contributed by atoms with van der Waals surface area (Å²) in [5, 5.41) is 5.10. The summed E-state index contributed by atoms with van der Waals surface area (Å²) in [7, 11) is 0. The third-order valence-corrected chi connectivity index (χ3v) is 5.95. The predicted molar refractivity (Wildman–Crippen MR) is 146 cm³/mol. The van der Waals surface area contributed by atoms with E-state index in [1.165, 1.54) is 0 Å². The molecule has 0 radical (unpaired) electrons. The van der Waals surface area contributed by atoms with Gasteiger partial charge in [0.05, 0.1) is 0 Å². The predicted octanol–water partition coefficient (Wildman–Crippen LogP) is 2.22. The van der Waals surface area contributed by atoms with E-state index in [-0.39, 0.29) is 31.9 Å². The molecule has 0 unspecified atom stereocenters. The molecule has 0 aromatic heterocycles. The number of ether oxygens (including phenoxy) is 2. The average Bonchev–Trinajstić information content (AvgIpc) is 3.20. The van der Waals surface area contributed by atoms with Crippen molar-refractivity contribution in [2.24, 2.45) is 5.73 Å². The van der Waals surface area contributed by atoms with E-state index < -0.39 is 48.0 Å². The maximum Gasteiger partial charge on any atom is 0.408 e. The Bertz CT molecular complexity index is 1210. The molecule has 2 aromatic carbocycles. The van der Waals surface area contributed by atoms with Crippen molar-refractivity contribution in [3.63, 3.8) is 0 Å². The molecule has 0 heterocycles. The summed E-state index contributed by atoms with van der Waals surface area (Å²) in [5.74, 6) is -2.50. The fourth-order valence-corrected chi connectivity index (χ4v) is 4.29. The Morgan fingerprint density at radius 3 is 2.08 bits per heavy atom. The van der Waals surface area contributed by atoms with E-state index in [0.29, 0.717) is 0 Å². The van der Waals surface area contributed by atoms with Crippen molar-refractivity contribution >= 4 is 29.9 Å². The number of primary amides is 1. The van der Waals surface area contributed by atoms with Crippen LogP contribution >= 0.6 is 0 Å². The van der Waals surface area contributed by atoms with Crippen LogP contribution in [0.25, 0.3) is 11.1 Å². The number of alkyl carbamates (subject to hydrolysis) is 2. The SMILES string of the molecule is CC(C)(C)OC(=O)N[C@@H](CCCNC(=O)OCC1c2ccccc2-c2ccccc21)C(=O)NNC(=O)CC(N)=O. The lowest BCUT2D eigenvalue weighted by Gasteiger charge is -2.23. The van der Waals surface area contributed by atoms with Crippen LogP contribution in [-0.4, -0.2) is 54.7 Å². The lowest BCUT2D eigenvalue weighted by atomic mass is 9.98. The van der Waals surface area contributed by atoms with Crippen LogP contribution in [0, 0.1) is 0 Å². The summed E-state index contributed by atoms with van der Waals surface area (Å²) in [6, 6.07) is 14.9. The third-order valence-electron chi connectivity index (χ3n) is 5.95. The van der Waals surface area contributed by atoms with Crippen molar-refractivity contribution in [2.45, 2.75) is 57.6 Å². The molecule has 0 bridgehead atoms. The Balaban J connectivity index is 1.49. The third kappa shape index (κ3) is 8.72. The molecule has 12 heteroatoms. The molecule has 1 atom stereocenters. The number of fused-ring (bicyclic) bond motifs is 3. The van der Waals surface area contributed by atoms with Gasteiger partial charge in [-0.3, -0.25) is 25.2 Å². The number of hydrogen-bond donors (Lipinski definition) is 5. The van der Waals surface area contributed by atoms with Gasteiger partial charge < -0.3 is 25.8 Å². The minimum absolute atomic E-state index is 0.0750. The number of amides is 5. The van der Waals surface area contributed by atoms with Crippen LogP contribution in [-0.2, 0) is 23.9 Å². The summed E-state index contributed by atoms with van der Waals surface area (Å²) in [4.78, 5) is 59.7. The fraction of sp³-hybridized carbons (Fsp3) is 0.393. The van der Waals surface area contributed by atoms with Gasteiger partial charge in [-0.15, -0.1) is 0 Å². The van der Waals surface area contributed by atoms with Crippen LogP contribution in [0.3, 0.4) is 0 Å². The van der Waals surface area contributed by atoms with Gasteiger partial charge in [-0.05, 0) is 55.9 Å². The van der Waals surface area contributed by atoms with Crippen LogP contribution in [0.1, 0.15) is 57.1 Å². The van der Waals surface area contributed by atoms with E-state index >= 15 is 0 Å². The highest BCUT2D eigenvalue weighted by atomic mass is 16.6. The van der Waals surface area contributed by atoms with Gasteiger partial charge in [-0.1, -0.05) is 48.5 Å². The van der Waals surface area contributed by atoms with Gasteiger partial charge in [0.1, 0.15) is 24.7 Å². The zero-order valence-electron chi connectivity index (χ0n) is 22.7. The van der Waals surface area contributed by atoms with E-state index in [0.717, 1.165) is 22.3 Å². The number of rotatable bonds is 10. The largest absolute Gasteiger partial charge is 0.449 e. The van der Waals surface area contributed by atoms with Gasteiger partial charge in [-0.25, -0.2) is 9.59 Å². The second-order valence-electron chi connectivity index (χ2n) is 10.3. The number of hydrazine groups is 1. The van der Waals surface area contributed by atoms with Crippen molar-refractivity contribution < 1.29 is 33.4 Å². The number of nitrogens with one attached hydrogen (secondary N) is 4. The van der Waals surface area contributed by atoms with Crippen LogP contribution in [0.4, 0.5) is 9.59 Å². The molecule has 5 amide bonds. The minimum Gasteiger partial charge on any atom is -0.449 e. The van der Waals surface area contributed by atoms with E-state index in [2.05, 4.69) is 33.6 Å². The van der Waals surface area contributed by atoms with E-state index in [4.69, 9.17) is 15.2 Å². The zero-order chi connectivity index (χ0) is 29.3. The molecule has 214 valence electrons. The lowest BCUT2D eigenvalue weighted by molar-refractivity contribution is -0.132. The van der Waals surface area contributed by atoms with Crippen molar-refractivity contribution in [1.29, 1.82) is 0 Å². The van der Waals surface area contributed by atoms with Crippen LogP contribution in [0.5, 0.6) is 0 Å². The maximum atomic E-state index is 12.6. The first-order valence-electron chi connectivity index (χ1n) is 12.9. The van der Waals surface area contributed by atoms with Crippen molar-refractivity contribution in [3.8, 4) is 11.1 Å². The van der Waals surface area contributed by atoms with Gasteiger partial charge in [0.25, 0.3) is 5.91 Å². The molecule has 6 N–H and O–H groups in total. The molecule has 0 aliphatic heterocycles. The first-order chi connectivity index (χ1) is 18.9. The van der Waals surface area contributed by atoms with Gasteiger partial charge in [0.15, 0.2) is 0 Å². The Morgan fingerprint density at radius 1 is 0.900 bits per heavy atom. The van der Waals surface area contributed by atoms with Gasteiger partial charge in [0.2, 0.25) is 11.8 Å². The first kappa shape index (κ1) is 29.9. The van der Waals surface area contributed by atoms with Crippen LogP contribution < -0.4 is 27.2 Å². The normalized spacial score (nSPS) is 12.8. The van der Waals surface area contributed by atoms with Gasteiger partial charge in [0, 0.05) is 12.5 Å². The Labute approximate surface area is 232 Å². The summed E-state index contributed by atoms with van der Waals surface area (Å²) in [6.07, 6.45) is -1.68. The standard InChI is InChI=1S/C28H35N5O7/c1-28(2,3)40-27(38)31-22(25(36)33-32-24(35)15-23(29)34)13-8-14-30-26(37)39-16-21-19-11-6-4-9-17(19)18-10-5-7-12-20(18)21/h4-7,9-12,21-22H,8,13-16H2,1-3H3,(H2,29,34)(H,30,37)(H,31,38)(H,32,35)(H,33,36)/t22-/m0/s1. The molecule has 0 saturated carbocycles. The highest BCUT2D eigenvalue weighted by Crippen LogP contribution is 2.44. The van der Waals surface area contributed by atoms with E-state index in [1.54, 1.807) is 20.8 Å². The molecular formula is C28H35N5O7. The number of hydrogen-bond acceptors (Lipinski definition) is 7. The molecule has 0 spiro atoms. The summed E-state index contributed by atoms with van der Waals surface area (Å²) in [5.41, 5.74) is 12.8. The first-order valence-corrected chi connectivity index (χ1v) is 12.9. The molecule has 0 saturated heterocycles. The van der Waals surface area contributed by atoms with Crippen LogP contribution in [0.15, 0.2) is 48.5 Å². The molecule has 12 nitrogen and oxygen atoms in total. The van der Waals surface area contributed by atoms with E-state index in [1.807, 2.05) is 36.4 Å². The highest BCUT2D eigenvalue weighted by molar-refractivity contribution is 5.97. The second-order valence-corrected chi connectivity index (χ2v) is 10.3. The quantitative estimate of drug-likeness (QED) is 0.170. The molecule has 1 aliphatic carbocycles. The Morgan fingerprint density at radius 2 is 1.50 bits per heavy atom. The summed E-state index contributed by atoms with van der Waals surface area (Å²) < 4.78 is 10.7. The molecular weight excluding hydrogens is 518 g/mol. The summed E-state index contributed by atoms with van der Waals surface area (Å²) >= 11 is 0. The van der Waals surface area contributed by atoms with Crippen molar-refractivity contribution in [3.05, 3.63) is 59.7 Å². The smallest absolute Gasteiger partial charge is 0.408 e. The molecule has 3 rings (SSSR count). The molecule has 2 aromatic rings. The van der Waals surface area contributed by atoms with Crippen molar-refractivity contribution in [1.82, 2.24) is 21.5 Å². The number of benzene rings is 2. The topological polar surface area (TPSA) is 178 Å². The van der Waals surface area contributed by atoms with Crippen molar-refractivity contribution in [2.75, 3.05) is 13.2 Å². The second kappa shape index (κ2) is 13.5. The Kier molecular flexibility index (Phi) is 10.1. The minimum atomic E-state index is -1.10. The fourth-order valence-electron chi connectivity index (χ4n) is 4.29. The molecule has 1 aliphatic rings. The number of carbonyl (C=O) groups excluding carboxylic acids is 5. The highest BCUT2D eigenvalue weighted by Gasteiger charge is 2.29. The monoisotopic (exact) mass is 553 g/mol. The molecule has 40 heavy (non-hydrogen) atoms. The average molecular weight is 554 g/mol. The van der Waals surface area contributed by atoms with Gasteiger partial charge in [-0.2, -0.15) is 0 Å². The lowest BCUT2D eigenvalue weighted by Crippen LogP contribution is -2.53. The van der Waals surface area contributed by atoms with Gasteiger partial charge >= 0.3 is 12.2 Å². The maximum absolute atomic E-state index is 12.6. The van der Waals surface area contributed by atoms with Crippen LogP contribution in [0.2, 0.25) is 0 Å². The zero-order valence-corrected chi connectivity index (χ0v) is 22.7. The number of carbonyl (C=O) groups is 5. The Hall–Kier alpha value is -4.61. The summed E-state index contributed by atoms with van der Waals surface area (Å²) in [6.45, 7) is 5.33.